The summed E-state index contributed by atoms with van der Waals surface area (Å²) in [6.07, 6.45) is 1.41. The summed E-state index contributed by atoms with van der Waals surface area (Å²) in [6.45, 7) is 0. The average molecular weight is 323 g/mol. The molecule has 0 bridgehead atoms. The summed E-state index contributed by atoms with van der Waals surface area (Å²) in [5.41, 5.74) is 1.71. The van der Waals surface area contributed by atoms with E-state index in [4.69, 9.17) is 27.9 Å². The van der Waals surface area contributed by atoms with Gasteiger partial charge in [0.05, 0.1) is 22.7 Å². The average Bonchev–Trinajstić information content (AvgIpc) is 2.46. The lowest BCUT2D eigenvalue weighted by molar-refractivity contribution is 0.401. The van der Waals surface area contributed by atoms with Crippen molar-refractivity contribution >= 4 is 34.1 Å². The van der Waals surface area contributed by atoms with Crippen LogP contribution in [-0.2, 0) is 0 Å². The van der Waals surface area contributed by atoms with Crippen LogP contribution in [-0.4, -0.2) is 17.1 Å². The van der Waals surface area contributed by atoms with Crippen LogP contribution in [0.15, 0.2) is 36.5 Å². The van der Waals surface area contributed by atoms with Crippen molar-refractivity contribution in [1.29, 1.82) is 0 Å². The number of pyridine rings is 2. The van der Waals surface area contributed by atoms with Gasteiger partial charge in [-0.2, -0.15) is 4.39 Å². The number of hydrogen-bond donors (Lipinski definition) is 0. The van der Waals surface area contributed by atoms with Crippen molar-refractivity contribution in [2.45, 2.75) is 0 Å². The smallest absolute Gasteiger partial charge is 0.221 e. The largest absolute Gasteiger partial charge is 0.481 e. The highest BCUT2D eigenvalue weighted by Gasteiger charge is 2.16. The maximum Gasteiger partial charge on any atom is 0.221 e. The van der Waals surface area contributed by atoms with Crippen molar-refractivity contribution in [2.75, 3.05) is 7.11 Å². The molecular weight excluding hydrogens is 314 g/mol. The first kappa shape index (κ1) is 14.0. The molecule has 3 aromatic rings. The third-order valence-electron chi connectivity index (χ3n) is 3.06. The van der Waals surface area contributed by atoms with E-state index in [-0.39, 0.29) is 0 Å². The van der Waals surface area contributed by atoms with E-state index in [2.05, 4.69) is 9.97 Å². The van der Waals surface area contributed by atoms with Crippen molar-refractivity contribution < 1.29 is 9.13 Å². The molecule has 3 nitrogen and oxygen atoms in total. The van der Waals surface area contributed by atoms with Crippen LogP contribution in [0.3, 0.4) is 0 Å². The number of nitrogens with zero attached hydrogens (tertiary/aromatic N) is 2. The number of halogens is 3. The predicted molar refractivity (Wildman–Crippen MR) is 81.5 cm³/mol. The van der Waals surface area contributed by atoms with E-state index in [1.807, 2.05) is 0 Å². The Morgan fingerprint density at radius 3 is 2.52 bits per heavy atom. The molecule has 106 valence electrons. The van der Waals surface area contributed by atoms with Crippen LogP contribution in [0.2, 0.25) is 10.0 Å². The van der Waals surface area contributed by atoms with Gasteiger partial charge in [0.15, 0.2) is 0 Å². The summed E-state index contributed by atoms with van der Waals surface area (Å²) < 4.78 is 18.5. The molecular formula is C15H9Cl2FN2O. The Kier molecular flexibility index (Phi) is 3.66. The second kappa shape index (κ2) is 5.47. The molecule has 0 aliphatic rings. The predicted octanol–water partition coefficient (Wildman–Crippen LogP) is 4.75. The number of hydrogen-bond acceptors (Lipinski definition) is 3. The molecule has 0 atom stereocenters. The second-order valence-corrected chi connectivity index (χ2v) is 5.16. The minimum Gasteiger partial charge on any atom is -0.481 e. The Hall–Kier alpha value is -1.91. The SMILES string of the molecule is COc1nc2cc(F)ncc2cc1-c1c(Cl)cccc1Cl. The summed E-state index contributed by atoms with van der Waals surface area (Å²) in [4.78, 5) is 7.92. The maximum atomic E-state index is 13.2. The van der Waals surface area contributed by atoms with Crippen molar-refractivity contribution in [2.24, 2.45) is 0 Å². The number of benzene rings is 1. The fourth-order valence-electron chi connectivity index (χ4n) is 2.12. The van der Waals surface area contributed by atoms with E-state index in [9.17, 15) is 4.39 Å². The molecule has 0 amide bonds. The maximum absolute atomic E-state index is 13.2. The molecule has 0 saturated carbocycles. The number of methoxy groups -OCH3 is 1. The number of ether oxygens (including phenoxy) is 1. The van der Waals surface area contributed by atoms with Crippen LogP contribution in [0.1, 0.15) is 0 Å². The first-order chi connectivity index (χ1) is 10.1. The first-order valence-corrected chi connectivity index (χ1v) is 6.80. The van der Waals surface area contributed by atoms with Crippen LogP contribution < -0.4 is 4.74 Å². The number of fused-ring (bicyclic) bond motifs is 1. The summed E-state index contributed by atoms with van der Waals surface area (Å²) in [5.74, 6) is -0.274. The zero-order valence-electron chi connectivity index (χ0n) is 10.9. The van der Waals surface area contributed by atoms with Gasteiger partial charge < -0.3 is 4.74 Å². The summed E-state index contributed by atoms with van der Waals surface area (Å²) in [5, 5.41) is 1.64. The molecule has 1 aromatic carbocycles. The minimum atomic E-state index is -0.597. The summed E-state index contributed by atoms with van der Waals surface area (Å²) in [7, 11) is 1.49. The minimum absolute atomic E-state index is 0.322. The summed E-state index contributed by atoms with van der Waals surface area (Å²) >= 11 is 12.5. The molecule has 0 saturated heterocycles. The van der Waals surface area contributed by atoms with Gasteiger partial charge in [-0.15, -0.1) is 0 Å². The Labute approximate surface area is 130 Å². The van der Waals surface area contributed by atoms with Crippen LogP contribution in [0.4, 0.5) is 4.39 Å². The fraction of sp³-hybridized carbons (Fsp3) is 0.0667. The fourth-order valence-corrected chi connectivity index (χ4v) is 2.72. The van der Waals surface area contributed by atoms with E-state index in [1.54, 1.807) is 24.3 Å². The highest BCUT2D eigenvalue weighted by Crippen LogP contribution is 2.40. The third kappa shape index (κ3) is 2.52. The molecule has 6 heteroatoms. The quantitative estimate of drug-likeness (QED) is 0.638. The van der Waals surface area contributed by atoms with E-state index in [1.165, 1.54) is 19.4 Å². The van der Waals surface area contributed by atoms with Gasteiger partial charge in [-0.25, -0.2) is 9.97 Å². The lowest BCUT2D eigenvalue weighted by Crippen LogP contribution is -1.95. The number of aromatic nitrogens is 2. The van der Waals surface area contributed by atoms with Gasteiger partial charge in [-0.1, -0.05) is 29.3 Å². The monoisotopic (exact) mass is 322 g/mol. The van der Waals surface area contributed by atoms with Crippen molar-refractivity contribution in [3.8, 4) is 17.0 Å². The zero-order valence-corrected chi connectivity index (χ0v) is 12.4. The molecule has 0 N–H and O–H groups in total. The lowest BCUT2D eigenvalue weighted by atomic mass is 10.1. The third-order valence-corrected chi connectivity index (χ3v) is 3.69. The Morgan fingerprint density at radius 2 is 1.86 bits per heavy atom. The van der Waals surface area contributed by atoms with Gasteiger partial charge in [-0.05, 0) is 18.2 Å². The Morgan fingerprint density at radius 1 is 1.14 bits per heavy atom. The summed E-state index contributed by atoms with van der Waals surface area (Å²) in [6, 6.07) is 8.24. The lowest BCUT2D eigenvalue weighted by Gasteiger charge is -2.12. The van der Waals surface area contributed by atoms with Gasteiger partial charge in [0.1, 0.15) is 0 Å². The van der Waals surface area contributed by atoms with E-state index < -0.39 is 5.95 Å². The van der Waals surface area contributed by atoms with Gasteiger partial charge in [-0.3, -0.25) is 0 Å². The Bertz CT molecular complexity index is 819. The second-order valence-electron chi connectivity index (χ2n) is 4.34. The molecule has 0 spiro atoms. The molecule has 2 aromatic heterocycles. The highest BCUT2D eigenvalue weighted by atomic mass is 35.5. The molecule has 3 rings (SSSR count). The van der Waals surface area contributed by atoms with Gasteiger partial charge >= 0.3 is 0 Å². The molecule has 0 unspecified atom stereocenters. The van der Waals surface area contributed by atoms with E-state index in [0.717, 1.165) is 0 Å². The Balaban J connectivity index is 2.34. The highest BCUT2D eigenvalue weighted by molar-refractivity contribution is 6.39. The zero-order chi connectivity index (χ0) is 15.0. The van der Waals surface area contributed by atoms with Crippen LogP contribution in [0, 0.1) is 5.95 Å². The van der Waals surface area contributed by atoms with Crippen molar-refractivity contribution in [3.05, 3.63) is 52.5 Å². The van der Waals surface area contributed by atoms with Gasteiger partial charge in [0.2, 0.25) is 11.8 Å². The van der Waals surface area contributed by atoms with E-state index >= 15 is 0 Å². The molecule has 21 heavy (non-hydrogen) atoms. The van der Waals surface area contributed by atoms with Crippen LogP contribution >= 0.6 is 23.2 Å². The van der Waals surface area contributed by atoms with Crippen molar-refractivity contribution in [1.82, 2.24) is 9.97 Å². The topological polar surface area (TPSA) is 35.0 Å². The van der Waals surface area contributed by atoms with Gasteiger partial charge in [0, 0.05) is 28.8 Å². The van der Waals surface area contributed by atoms with Gasteiger partial charge in [0.25, 0.3) is 0 Å². The van der Waals surface area contributed by atoms with Crippen LogP contribution in [0.25, 0.3) is 22.0 Å². The molecule has 0 fully saturated rings. The van der Waals surface area contributed by atoms with Crippen molar-refractivity contribution in [3.63, 3.8) is 0 Å². The molecule has 2 heterocycles. The molecule has 0 aliphatic heterocycles. The standard InChI is InChI=1S/C15H9Cl2FN2O/c1-21-15-9(14-10(16)3-2-4-11(14)17)5-8-7-19-13(18)6-12(8)20-15/h2-7H,1H3. The first-order valence-electron chi connectivity index (χ1n) is 6.05. The van der Waals surface area contributed by atoms with Crippen LogP contribution in [0.5, 0.6) is 5.88 Å². The number of rotatable bonds is 2. The molecule has 0 radical (unpaired) electrons. The molecule has 0 aliphatic carbocycles. The van der Waals surface area contributed by atoms with E-state index in [0.29, 0.717) is 38.0 Å². The normalized spacial score (nSPS) is 10.9.